The third kappa shape index (κ3) is 1.70. The molecule has 2 rings (SSSR count). The first-order valence-electron chi connectivity index (χ1n) is 5.09. The van der Waals surface area contributed by atoms with Crippen molar-refractivity contribution in [3.8, 4) is 0 Å². The number of aromatic nitrogens is 1. The van der Waals surface area contributed by atoms with Gasteiger partial charge in [-0.25, -0.2) is 4.98 Å². The molecule has 1 nitrogen and oxygen atoms in total. The van der Waals surface area contributed by atoms with Crippen LogP contribution in [-0.4, -0.2) is 4.98 Å². The molecule has 0 radical (unpaired) electrons. The molecule has 1 aromatic rings. The van der Waals surface area contributed by atoms with Crippen molar-refractivity contribution in [2.75, 3.05) is 0 Å². The highest BCUT2D eigenvalue weighted by atomic mass is 79.9. The standard InChI is InChI=1S/C11H13BrClN/c1-2-7-8-5-3-4-6-9(8)14-11(12)10(7)13/h2-6H2,1H3. The van der Waals surface area contributed by atoms with E-state index in [4.69, 9.17) is 11.6 Å². The SMILES string of the molecule is CCc1c(Cl)c(Br)nc2c1CCCC2. The summed E-state index contributed by atoms with van der Waals surface area (Å²) in [6, 6.07) is 0. The van der Waals surface area contributed by atoms with E-state index in [9.17, 15) is 0 Å². The van der Waals surface area contributed by atoms with E-state index in [1.807, 2.05) is 0 Å². The summed E-state index contributed by atoms with van der Waals surface area (Å²) in [5.41, 5.74) is 3.96. The maximum atomic E-state index is 6.22. The molecular formula is C11H13BrClN. The summed E-state index contributed by atoms with van der Waals surface area (Å²) in [6.45, 7) is 2.16. The quantitative estimate of drug-likeness (QED) is 0.707. The van der Waals surface area contributed by atoms with Crippen LogP contribution in [-0.2, 0) is 19.3 Å². The molecular weight excluding hydrogens is 261 g/mol. The van der Waals surface area contributed by atoms with Crippen molar-refractivity contribution in [2.24, 2.45) is 0 Å². The Morgan fingerprint density at radius 3 is 2.79 bits per heavy atom. The Bertz CT molecular complexity index is 363. The Morgan fingerprint density at radius 1 is 1.36 bits per heavy atom. The van der Waals surface area contributed by atoms with Crippen molar-refractivity contribution < 1.29 is 0 Å². The molecule has 3 heteroatoms. The summed E-state index contributed by atoms with van der Waals surface area (Å²) in [7, 11) is 0. The summed E-state index contributed by atoms with van der Waals surface area (Å²) in [6.07, 6.45) is 5.80. The number of rotatable bonds is 1. The first-order valence-corrected chi connectivity index (χ1v) is 6.26. The molecule has 1 aromatic heterocycles. The molecule has 0 bridgehead atoms. The third-order valence-corrected chi connectivity index (χ3v) is 4.04. The average Bonchev–Trinajstić information content (AvgIpc) is 2.20. The smallest absolute Gasteiger partial charge is 0.125 e. The number of aryl methyl sites for hydroxylation is 1. The Morgan fingerprint density at radius 2 is 2.07 bits per heavy atom. The summed E-state index contributed by atoms with van der Waals surface area (Å²) in [5.74, 6) is 0. The van der Waals surface area contributed by atoms with Gasteiger partial charge in [-0.1, -0.05) is 18.5 Å². The van der Waals surface area contributed by atoms with Crippen LogP contribution in [0.1, 0.15) is 36.6 Å². The highest BCUT2D eigenvalue weighted by molar-refractivity contribution is 9.10. The number of nitrogens with zero attached hydrogens (tertiary/aromatic N) is 1. The van der Waals surface area contributed by atoms with Gasteiger partial charge in [-0.05, 0) is 59.2 Å². The minimum Gasteiger partial charge on any atom is -0.244 e. The zero-order valence-electron chi connectivity index (χ0n) is 8.24. The van der Waals surface area contributed by atoms with E-state index < -0.39 is 0 Å². The number of hydrogen-bond donors (Lipinski definition) is 0. The van der Waals surface area contributed by atoms with Gasteiger partial charge in [-0.15, -0.1) is 0 Å². The second kappa shape index (κ2) is 4.19. The first-order chi connectivity index (χ1) is 6.74. The zero-order chi connectivity index (χ0) is 10.1. The molecule has 76 valence electrons. The van der Waals surface area contributed by atoms with Crippen molar-refractivity contribution in [1.29, 1.82) is 0 Å². The molecule has 0 atom stereocenters. The normalized spacial score (nSPS) is 15.4. The molecule has 0 unspecified atom stereocenters. The van der Waals surface area contributed by atoms with Crippen molar-refractivity contribution in [2.45, 2.75) is 39.0 Å². The van der Waals surface area contributed by atoms with Crippen LogP contribution < -0.4 is 0 Å². The highest BCUT2D eigenvalue weighted by Crippen LogP contribution is 2.33. The van der Waals surface area contributed by atoms with Gasteiger partial charge in [-0.3, -0.25) is 0 Å². The lowest BCUT2D eigenvalue weighted by Crippen LogP contribution is -2.09. The zero-order valence-corrected chi connectivity index (χ0v) is 10.6. The van der Waals surface area contributed by atoms with E-state index in [0.717, 1.165) is 28.9 Å². The fraction of sp³-hybridized carbons (Fsp3) is 0.545. The number of fused-ring (bicyclic) bond motifs is 1. The fourth-order valence-corrected chi connectivity index (χ4v) is 2.87. The Balaban J connectivity index is 2.60. The Kier molecular flexibility index (Phi) is 3.13. The first kappa shape index (κ1) is 10.4. The molecule has 14 heavy (non-hydrogen) atoms. The van der Waals surface area contributed by atoms with Crippen LogP contribution in [0.3, 0.4) is 0 Å². The van der Waals surface area contributed by atoms with E-state index in [0.29, 0.717) is 0 Å². The summed E-state index contributed by atoms with van der Waals surface area (Å²) >= 11 is 9.64. The fourth-order valence-electron chi connectivity index (χ4n) is 2.13. The van der Waals surface area contributed by atoms with Gasteiger partial charge in [-0.2, -0.15) is 0 Å². The Labute approximate surface area is 98.0 Å². The number of pyridine rings is 1. The van der Waals surface area contributed by atoms with Gasteiger partial charge in [0.1, 0.15) is 4.60 Å². The average molecular weight is 275 g/mol. The molecule has 0 aromatic carbocycles. The second-order valence-corrected chi connectivity index (χ2v) is 4.81. The van der Waals surface area contributed by atoms with Crippen LogP contribution in [0.25, 0.3) is 0 Å². The van der Waals surface area contributed by atoms with Crippen LogP contribution in [0.5, 0.6) is 0 Å². The number of hydrogen-bond acceptors (Lipinski definition) is 1. The largest absolute Gasteiger partial charge is 0.244 e. The minimum absolute atomic E-state index is 0.813. The molecule has 0 aliphatic heterocycles. The van der Waals surface area contributed by atoms with Crippen molar-refractivity contribution in [3.05, 3.63) is 26.4 Å². The van der Waals surface area contributed by atoms with Gasteiger partial charge >= 0.3 is 0 Å². The molecule has 0 spiro atoms. The highest BCUT2D eigenvalue weighted by Gasteiger charge is 2.18. The molecule has 0 N–H and O–H groups in total. The molecule has 1 aliphatic rings. The summed E-state index contributed by atoms with van der Waals surface area (Å²) in [4.78, 5) is 4.51. The van der Waals surface area contributed by atoms with Crippen molar-refractivity contribution in [3.63, 3.8) is 0 Å². The van der Waals surface area contributed by atoms with Gasteiger partial charge in [0.2, 0.25) is 0 Å². The van der Waals surface area contributed by atoms with E-state index in [-0.39, 0.29) is 0 Å². The van der Waals surface area contributed by atoms with Crippen LogP contribution in [0, 0.1) is 0 Å². The third-order valence-electron chi connectivity index (χ3n) is 2.84. The lowest BCUT2D eigenvalue weighted by atomic mass is 9.91. The minimum atomic E-state index is 0.813. The second-order valence-electron chi connectivity index (χ2n) is 3.68. The molecule has 0 saturated carbocycles. The van der Waals surface area contributed by atoms with Crippen LogP contribution >= 0.6 is 27.5 Å². The molecule has 0 saturated heterocycles. The van der Waals surface area contributed by atoms with E-state index in [2.05, 4.69) is 27.8 Å². The molecule has 1 heterocycles. The topological polar surface area (TPSA) is 12.9 Å². The maximum Gasteiger partial charge on any atom is 0.125 e. The lowest BCUT2D eigenvalue weighted by molar-refractivity contribution is 0.659. The predicted molar refractivity (Wildman–Crippen MR) is 63.0 cm³/mol. The van der Waals surface area contributed by atoms with Gasteiger partial charge in [0.05, 0.1) is 5.02 Å². The monoisotopic (exact) mass is 273 g/mol. The van der Waals surface area contributed by atoms with E-state index >= 15 is 0 Å². The van der Waals surface area contributed by atoms with Gasteiger partial charge in [0, 0.05) is 5.69 Å². The maximum absolute atomic E-state index is 6.22. The van der Waals surface area contributed by atoms with Crippen LogP contribution in [0.4, 0.5) is 0 Å². The lowest BCUT2D eigenvalue weighted by Gasteiger charge is -2.19. The summed E-state index contributed by atoms with van der Waals surface area (Å²) < 4.78 is 0.816. The molecule has 0 amide bonds. The van der Waals surface area contributed by atoms with Crippen molar-refractivity contribution >= 4 is 27.5 Å². The van der Waals surface area contributed by atoms with Gasteiger partial charge < -0.3 is 0 Å². The summed E-state index contributed by atoms with van der Waals surface area (Å²) in [5, 5.41) is 0.813. The van der Waals surface area contributed by atoms with Crippen LogP contribution in [0.2, 0.25) is 5.02 Å². The van der Waals surface area contributed by atoms with Crippen LogP contribution in [0.15, 0.2) is 4.60 Å². The van der Waals surface area contributed by atoms with Gasteiger partial charge in [0.15, 0.2) is 0 Å². The van der Waals surface area contributed by atoms with E-state index in [1.165, 1.54) is 29.7 Å². The molecule has 0 fully saturated rings. The van der Waals surface area contributed by atoms with Crippen molar-refractivity contribution in [1.82, 2.24) is 4.98 Å². The van der Waals surface area contributed by atoms with E-state index in [1.54, 1.807) is 0 Å². The predicted octanol–water partition coefficient (Wildman–Crippen LogP) is 3.94. The van der Waals surface area contributed by atoms with Gasteiger partial charge in [0.25, 0.3) is 0 Å². The molecule has 1 aliphatic carbocycles. The Hall–Kier alpha value is -0.0800. The number of halogens is 2.